The Morgan fingerprint density at radius 1 is 1.12 bits per heavy atom. The van der Waals surface area contributed by atoms with Crippen LogP contribution in [0.1, 0.15) is 22.3 Å². The molecule has 0 radical (unpaired) electrons. The zero-order valence-electron chi connectivity index (χ0n) is 18.0. The average Bonchev–Trinajstić information content (AvgIpc) is 2.84. The first-order valence-corrected chi connectivity index (χ1v) is 10.9. The Balaban J connectivity index is 1.37. The fraction of sp³-hybridized carbons (Fsp3) is 0.320. The smallest absolute Gasteiger partial charge is 0.258 e. The summed E-state index contributed by atoms with van der Waals surface area (Å²) < 4.78 is 5.42. The monoisotopic (exact) mass is 430 g/mol. The number of hydrogen-bond acceptors (Lipinski definition) is 6. The molecular weight excluding hydrogens is 404 g/mol. The molecule has 2 aromatic carbocycles. The number of ether oxygens (including phenoxy) is 1. The summed E-state index contributed by atoms with van der Waals surface area (Å²) in [5.41, 5.74) is 2.99. The lowest BCUT2D eigenvalue weighted by Gasteiger charge is -2.53. The molecular formula is C25H26N4O3. The van der Waals surface area contributed by atoms with E-state index in [0.29, 0.717) is 35.3 Å². The van der Waals surface area contributed by atoms with E-state index in [2.05, 4.69) is 9.88 Å². The maximum absolute atomic E-state index is 13.4. The number of likely N-dealkylation sites (tertiary alicyclic amines) is 1. The van der Waals surface area contributed by atoms with Gasteiger partial charge in [-0.1, -0.05) is 42.5 Å². The maximum atomic E-state index is 13.4. The van der Waals surface area contributed by atoms with Gasteiger partial charge >= 0.3 is 0 Å². The molecule has 2 unspecified atom stereocenters. The minimum atomic E-state index is -0.202. The van der Waals surface area contributed by atoms with Gasteiger partial charge in [0.2, 0.25) is 5.95 Å². The summed E-state index contributed by atoms with van der Waals surface area (Å²) in [5.74, 6) is 1.57. The van der Waals surface area contributed by atoms with Crippen LogP contribution in [0.5, 0.6) is 5.75 Å². The SMILES string of the molecule is COc1cccc(CO)c1C(=O)N1CC2CCN(c3nccc(-c4ccccc4)n3)CC21. The lowest BCUT2D eigenvalue weighted by atomic mass is 9.81. The number of aromatic nitrogens is 2. The molecule has 32 heavy (non-hydrogen) atoms. The second kappa shape index (κ2) is 8.59. The number of rotatable bonds is 5. The van der Waals surface area contributed by atoms with Crippen LogP contribution in [0.25, 0.3) is 11.3 Å². The minimum absolute atomic E-state index is 0.0893. The number of carbonyl (C=O) groups excluding carboxylic acids is 1. The third-order valence-electron chi connectivity index (χ3n) is 6.53. The van der Waals surface area contributed by atoms with E-state index in [4.69, 9.17) is 9.72 Å². The van der Waals surface area contributed by atoms with Crippen LogP contribution >= 0.6 is 0 Å². The third kappa shape index (κ3) is 3.58. The van der Waals surface area contributed by atoms with Gasteiger partial charge in [-0.3, -0.25) is 4.79 Å². The number of piperidine rings is 1. The fourth-order valence-electron chi connectivity index (χ4n) is 4.75. The molecule has 0 bridgehead atoms. The lowest BCUT2D eigenvalue weighted by molar-refractivity contribution is 0.00723. The molecule has 164 valence electrons. The van der Waals surface area contributed by atoms with Crippen molar-refractivity contribution in [3.05, 3.63) is 71.9 Å². The Kier molecular flexibility index (Phi) is 5.49. The summed E-state index contributed by atoms with van der Waals surface area (Å²) in [5, 5.41) is 9.75. The van der Waals surface area contributed by atoms with Crippen LogP contribution < -0.4 is 9.64 Å². The Morgan fingerprint density at radius 2 is 1.97 bits per heavy atom. The van der Waals surface area contributed by atoms with Crippen LogP contribution in [0.15, 0.2) is 60.8 Å². The largest absolute Gasteiger partial charge is 0.496 e. The molecule has 0 spiro atoms. The normalized spacial score (nSPS) is 19.8. The van der Waals surface area contributed by atoms with E-state index in [1.54, 1.807) is 31.5 Å². The minimum Gasteiger partial charge on any atom is -0.496 e. The van der Waals surface area contributed by atoms with Crippen LogP contribution in [-0.2, 0) is 6.61 Å². The number of amides is 1. The zero-order valence-corrected chi connectivity index (χ0v) is 18.0. The number of fused-ring (bicyclic) bond motifs is 1. The third-order valence-corrected chi connectivity index (χ3v) is 6.53. The molecule has 2 aliphatic rings. The highest BCUT2D eigenvalue weighted by Crippen LogP contribution is 2.37. The lowest BCUT2D eigenvalue weighted by Crippen LogP contribution is -2.66. The van der Waals surface area contributed by atoms with Crippen LogP contribution in [0.3, 0.4) is 0 Å². The Bertz CT molecular complexity index is 1100. The molecule has 1 aromatic heterocycles. The molecule has 7 nitrogen and oxygen atoms in total. The topological polar surface area (TPSA) is 78.8 Å². The van der Waals surface area contributed by atoms with Crippen molar-refractivity contribution in [3.63, 3.8) is 0 Å². The fourth-order valence-corrected chi connectivity index (χ4v) is 4.75. The molecule has 2 atom stereocenters. The summed E-state index contributed by atoms with van der Waals surface area (Å²) in [6.07, 6.45) is 2.79. The highest BCUT2D eigenvalue weighted by molar-refractivity contribution is 5.99. The molecule has 1 amide bonds. The van der Waals surface area contributed by atoms with Gasteiger partial charge in [0.15, 0.2) is 0 Å². The Hall–Kier alpha value is -3.45. The number of methoxy groups -OCH3 is 1. The van der Waals surface area contributed by atoms with E-state index in [9.17, 15) is 9.90 Å². The molecule has 0 saturated carbocycles. The van der Waals surface area contributed by atoms with Gasteiger partial charge in [-0.2, -0.15) is 0 Å². The van der Waals surface area contributed by atoms with Gasteiger partial charge in [0.25, 0.3) is 5.91 Å². The van der Waals surface area contributed by atoms with Crippen molar-refractivity contribution >= 4 is 11.9 Å². The molecule has 2 aliphatic heterocycles. The summed E-state index contributed by atoms with van der Waals surface area (Å²) in [4.78, 5) is 26.8. The quantitative estimate of drug-likeness (QED) is 0.671. The first kappa shape index (κ1) is 20.5. The molecule has 5 rings (SSSR count). The van der Waals surface area contributed by atoms with Gasteiger partial charge in [0.05, 0.1) is 31.0 Å². The van der Waals surface area contributed by atoms with Gasteiger partial charge in [-0.25, -0.2) is 9.97 Å². The molecule has 7 heteroatoms. The van der Waals surface area contributed by atoms with Crippen molar-refractivity contribution in [2.24, 2.45) is 5.92 Å². The second-order valence-corrected chi connectivity index (χ2v) is 8.28. The summed E-state index contributed by atoms with van der Waals surface area (Å²) >= 11 is 0. The molecule has 1 N–H and O–H groups in total. The van der Waals surface area contributed by atoms with Crippen LogP contribution in [0.4, 0.5) is 5.95 Å². The standard InChI is InChI=1S/C25H26N4O3/c1-32-22-9-5-8-19(16-30)23(22)24(31)29-14-18-11-13-28(15-21(18)29)25-26-12-10-20(27-25)17-6-3-2-4-7-17/h2-10,12,18,21,30H,11,13-16H2,1H3. The predicted molar refractivity (Wildman–Crippen MR) is 122 cm³/mol. The number of carbonyl (C=O) groups is 1. The molecule has 2 fully saturated rings. The van der Waals surface area contributed by atoms with Crippen LogP contribution in [0.2, 0.25) is 0 Å². The first-order valence-electron chi connectivity index (χ1n) is 10.9. The van der Waals surface area contributed by atoms with Gasteiger partial charge < -0.3 is 19.6 Å². The number of hydrogen-bond donors (Lipinski definition) is 1. The van der Waals surface area contributed by atoms with Crippen molar-refractivity contribution < 1.29 is 14.6 Å². The van der Waals surface area contributed by atoms with Gasteiger partial charge in [0.1, 0.15) is 5.75 Å². The number of nitrogens with zero attached hydrogens (tertiary/aromatic N) is 4. The van der Waals surface area contributed by atoms with E-state index in [1.165, 1.54) is 0 Å². The van der Waals surface area contributed by atoms with E-state index >= 15 is 0 Å². The van der Waals surface area contributed by atoms with Crippen molar-refractivity contribution in [2.45, 2.75) is 19.1 Å². The molecule has 2 saturated heterocycles. The summed E-state index contributed by atoms with van der Waals surface area (Å²) in [6.45, 7) is 2.09. The van der Waals surface area contributed by atoms with Gasteiger partial charge in [0, 0.05) is 37.3 Å². The Labute approximate surface area is 187 Å². The highest BCUT2D eigenvalue weighted by atomic mass is 16.5. The van der Waals surface area contributed by atoms with Gasteiger partial charge in [-0.15, -0.1) is 0 Å². The zero-order chi connectivity index (χ0) is 22.1. The van der Waals surface area contributed by atoms with E-state index in [1.807, 2.05) is 41.3 Å². The molecule has 0 aliphatic carbocycles. The first-order chi connectivity index (χ1) is 15.7. The van der Waals surface area contributed by atoms with E-state index < -0.39 is 0 Å². The number of aliphatic hydroxyl groups excluding tert-OH is 1. The molecule has 3 heterocycles. The van der Waals surface area contributed by atoms with Crippen molar-refractivity contribution in [1.82, 2.24) is 14.9 Å². The second-order valence-electron chi connectivity index (χ2n) is 8.28. The van der Waals surface area contributed by atoms with Crippen molar-refractivity contribution in [3.8, 4) is 17.0 Å². The number of benzene rings is 2. The highest BCUT2D eigenvalue weighted by Gasteiger charge is 2.46. The molecule has 3 aromatic rings. The maximum Gasteiger partial charge on any atom is 0.258 e. The summed E-state index contributed by atoms with van der Waals surface area (Å²) in [7, 11) is 1.55. The van der Waals surface area contributed by atoms with E-state index in [-0.39, 0.29) is 18.6 Å². The van der Waals surface area contributed by atoms with E-state index in [0.717, 1.165) is 30.8 Å². The average molecular weight is 431 g/mol. The predicted octanol–water partition coefficient (Wildman–Crippen LogP) is 3.00. The van der Waals surface area contributed by atoms with Crippen molar-refractivity contribution in [2.75, 3.05) is 31.6 Å². The van der Waals surface area contributed by atoms with Crippen molar-refractivity contribution in [1.29, 1.82) is 0 Å². The Morgan fingerprint density at radius 3 is 2.75 bits per heavy atom. The number of aliphatic hydroxyl groups is 1. The van der Waals surface area contributed by atoms with Crippen LogP contribution in [0, 0.1) is 5.92 Å². The number of anilines is 1. The van der Waals surface area contributed by atoms with Gasteiger partial charge in [-0.05, 0) is 24.1 Å². The summed E-state index contributed by atoms with van der Waals surface area (Å²) in [6, 6.07) is 17.4. The van der Waals surface area contributed by atoms with Crippen LogP contribution in [-0.4, -0.2) is 58.7 Å².